The molecule has 1 heterocycles. The fraction of sp³-hybridized carbons (Fsp3) is 0.733. The minimum absolute atomic E-state index is 0.262. The fourth-order valence-electron chi connectivity index (χ4n) is 1.95. The van der Waals surface area contributed by atoms with Crippen LogP contribution in [-0.4, -0.2) is 42.8 Å². The van der Waals surface area contributed by atoms with Crippen LogP contribution in [0.3, 0.4) is 0 Å². The third-order valence-corrected chi connectivity index (χ3v) is 3.07. The number of ether oxygens (including phenoxy) is 1. The highest BCUT2D eigenvalue weighted by atomic mass is 16.5. The minimum atomic E-state index is 0.262. The van der Waals surface area contributed by atoms with E-state index < -0.39 is 0 Å². The van der Waals surface area contributed by atoms with E-state index in [4.69, 9.17) is 4.74 Å². The Hall–Kier alpha value is -1.36. The lowest BCUT2D eigenvalue weighted by Gasteiger charge is -2.22. The van der Waals surface area contributed by atoms with Gasteiger partial charge in [-0.25, -0.2) is 9.97 Å². The van der Waals surface area contributed by atoms with Crippen LogP contribution in [0.4, 0.5) is 11.6 Å². The van der Waals surface area contributed by atoms with Crippen molar-refractivity contribution in [3.63, 3.8) is 0 Å². The van der Waals surface area contributed by atoms with Gasteiger partial charge in [0.1, 0.15) is 17.5 Å². The highest BCUT2D eigenvalue weighted by molar-refractivity contribution is 5.58. The highest BCUT2D eigenvalue weighted by Gasteiger charge is 2.13. The molecule has 0 aliphatic rings. The molecule has 1 aromatic rings. The lowest BCUT2D eigenvalue weighted by atomic mass is 10.2. The van der Waals surface area contributed by atoms with Crippen molar-refractivity contribution in [2.75, 3.05) is 37.0 Å². The Morgan fingerprint density at radius 2 is 1.95 bits per heavy atom. The van der Waals surface area contributed by atoms with Gasteiger partial charge in [-0.15, -0.1) is 0 Å². The highest BCUT2D eigenvalue weighted by Crippen LogP contribution is 2.22. The first-order valence-corrected chi connectivity index (χ1v) is 7.43. The number of aryl methyl sites for hydroxylation is 1. The van der Waals surface area contributed by atoms with E-state index in [0.717, 1.165) is 42.5 Å². The average Bonchev–Trinajstić information content (AvgIpc) is 2.40. The number of aromatic nitrogens is 2. The quantitative estimate of drug-likeness (QED) is 0.793. The number of rotatable bonds is 8. The van der Waals surface area contributed by atoms with E-state index in [9.17, 15) is 0 Å². The fourth-order valence-corrected chi connectivity index (χ4v) is 1.95. The summed E-state index contributed by atoms with van der Waals surface area (Å²) in [4.78, 5) is 11.3. The minimum Gasteiger partial charge on any atom is -0.377 e. The molecular formula is C15H28N4O. The van der Waals surface area contributed by atoms with Gasteiger partial charge in [0.2, 0.25) is 0 Å². The van der Waals surface area contributed by atoms with E-state index in [1.807, 2.05) is 20.9 Å². The number of likely N-dealkylation sites (N-methyl/N-ethyl adjacent to an activating group) is 1. The molecule has 0 amide bonds. The van der Waals surface area contributed by atoms with Crippen LogP contribution in [0.25, 0.3) is 0 Å². The molecule has 0 fully saturated rings. The van der Waals surface area contributed by atoms with E-state index >= 15 is 0 Å². The molecule has 0 saturated carbocycles. The smallest absolute Gasteiger partial charge is 0.137 e. The van der Waals surface area contributed by atoms with Gasteiger partial charge in [0.05, 0.1) is 12.7 Å². The molecule has 1 aromatic heterocycles. The van der Waals surface area contributed by atoms with Crippen molar-refractivity contribution in [2.45, 2.75) is 47.1 Å². The topological polar surface area (TPSA) is 50.3 Å². The molecule has 114 valence electrons. The van der Waals surface area contributed by atoms with Gasteiger partial charge in [-0.05, 0) is 27.7 Å². The predicted octanol–water partition coefficient (Wildman–Crippen LogP) is 2.64. The van der Waals surface area contributed by atoms with Crippen LogP contribution in [0.15, 0.2) is 0 Å². The number of anilines is 2. The van der Waals surface area contributed by atoms with Crippen LogP contribution >= 0.6 is 0 Å². The monoisotopic (exact) mass is 280 g/mol. The lowest BCUT2D eigenvalue weighted by molar-refractivity contribution is 0.0845. The van der Waals surface area contributed by atoms with E-state index in [0.29, 0.717) is 6.61 Å². The van der Waals surface area contributed by atoms with Crippen LogP contribution < -0.4 is 10.2 Å². The molecule has 0 bridgehead atoms. The standard InChI is InChI=1S/C15H28N4O/c1-7-13-17-14(16-8-2)12(5)15(18-13)19(6)9-10-20-11(3)4/h11H,7-10H2,1-6H3,(H,16,17,18). The molecule has 1 N–H and O–H groups in total. The number of hydrogen-bond acceptors (Lipinski definition) is 5. The summed E-state index contributed by atoms with van der Waals surface area (Å²) in [7, 11) is 2.05. The Morgan fingerprint density at radius 1 is 1.25 bits per heavy atom. The molecule has 0 atom stereocenters. The predicted molar refractivity (Wildman–Crippen MR) is 84.7 cm³/mol. The second kappa shape index (κ2) is 8.04. The van der Waals surface area contributed by atoms with Crippen molar-refractivity contribution in [3.8, 4) is 0 Å². The van der Waals surface area contributed by atoms with Crippen LogP contribution in [0.2, 0.25) is 0 Å². The van der Waals surface area contributed by atoms with Gasteiger partial charge in [0.15, 0.2) is 0 Å². The molecule has 0 saturated heterocycles. The van der Waals surface area contributed by atoms with Gasteiger partial charge in [-0.2, -0.15) is 0 Å². The van der Waals surface area contributed by atoms with Crippen molar-refractivity contribution in [1.82, 2.24) is 9.97 Å². The molecule has 5 nitrogen and oxygen atoms in total. The summed E-state index contributed by atoms with van der Waals surface area (Å²) in [5.74, 6) is 2.80. The second-order valence-corrected chi connectivity index (χ2v) is 5.16. The molecule has 20 heavy (non-hydrogen) atoms. The molecule has 0 unspecified atom stereocenters. The zero-order valence-corrected chi connectivity index (χ0v) is 13.7. The molecule has 0 radical (unpaired) electrons. The third-order valence-electron chi connectivity index (χ3n) is 3.07. The van der Waals surface area contributed by atoms with Crippen LogP contribution in [0.5, 0.6) is 0 Å². The van der Waals surface area contributed by atoms with Crippen molar-refractivity contribution in [1.29, 1.82) is 0 Å². The maximum atomic E-state index is 5.61. The number of nitrogens with one attached hydrogen (secondary N) is 1. The third kappa shape index (κ3) is 4.63. The Balaban J connectivity index is 2.88. The molecular weight excluding hydrogens is 252 g/mol. The van der Waals surface area contributed by atoms with Gasteiger partial charge in [-0.1, -0.05) is 6.92 Å². The molecule has 0 spiro atoms. The van der Waals surface area contributed by atoms with Gasteiger partial charge in [-0.3, -0.25) is 0 Å². The molecule has 0 aromatic carbocycles. The lowest BCUT2D eigenvalue weighted by Crippen LogP contribution is -2.26. The first kappa shape index (κ1) is 16.7. The van der Waals surface area contributed by atoms with Gasteiger partial charge >= 0.3 is 0 Å². The van der Waals surface area contributed by atoms with E-state index in [2.05, 4.69) is 41.0 Å². The molecule has 0 aliphatic heterocycles. The van der Waals surface area contributed by atoms with Gasteiger partial charge < -0.3 is 15.0 Å². The molecule has 0 aliphatic carbocycles. The van der Waals surface area contributed by atoms with Crippen molar-refractivity contribution >= 4 is 11.6 Å². The first-order chi connectivity index (χ1) is 9.49. The average molecular weight is 280 g/mol. The first-order valence-electron chi connectivity index (χ1n) is 7.43. The summed E-state index contributed by atoms with van der Waals surface area (Å²) in [5.41, 5.74) is 1.09. The zero-order valence-electron chi connectivity index (χ0n) is 13.7. The van der Waals surface area contributed by atoms with E-state index in [1.165, 1.54) is 0 Å². The Kier molecular flexibility index (Phi) is 6.71. The van der Waals surface area contributed by atoms with Crippen molar-refractivity contribution in [2.24, 2.45) is 0 Å². The van der Waals surface area contributed by atoms with E-state index in [1.54, 1.807) is 0 Å². The van der Waals surface area contributed by atoms with Gasteiger partial charge in [0.25, 0.3) is 0 Å². The SMILES string of the molecule is CCNc1nc(CC)nc(N(C)CCOC(C)C)c1C. The van der Waals surface area contributed by atoms with Crippen LogP contribution in [0, 0.1) is 6.92 Å². The Labute approximate surface area is 122 Å². The van der Waals surface area contributed by atoms with Crippen molar-refractivity contribution in [3.05, 3.63) is 11.4 Å². The maximum Gasteiger partial charge on any atom is 0.137 e. The molecule has 5 heteroatoms. The van der Waals surface area contributed by atoms with Crippen molar-refractivity contribution < 1.29 is 4.74 Å². The summed E-state index contributed by atoms with van der Waals surface area (Å²) >= 11 is 0. The summed E-state index contributed by atoms with van der Waals surface area (Å²) < 4.78 is 5.61. The second-order valence-electron chi connectivity index (χ2n) is 5.16. The van der Waals surface area contributed by atoms with Crippen LogP contribution in [-0.2, 0) is 11.2 Å². The zero-order chi connectivity index (χ0) is 15.1. The summed E-state index contributed by atoms with van der Waals surface area (Å²) in [6.07, 6.45) is 1.10. The molecule has 1 rings (SSSR count). The largest absolute Gasteiger partial charge is 0.377 e. The van der Waals surface area contributed by atoms with Crippen LogP contribution in [0.1, 0.15) is 39.1 Å². The Morgan fingerprint density at radius 3 is 2.50 bits per heavy atom. The maximum absolute atomic E-state index is 5.61. The summed E-state index contributed by atoms with van der Waals surface area (Å²) in [6.45, 7) is 12.7. The normalized spacial score (nSPS) is 10.9. The Bertz CT molecular complexity index is 421. The number of nitrogens with zero attached hydrogens (tertiary/aromatic N) is 3. The van der Waals surface area contributed by atoms with Gasteiger partial charge in [0, 0.05) is 32.1 Å². The summed E-state index contributed by atoms with van der Waals surface area (Å²) in [5, 5.41) is 3.31. The number of hydrogen-bond donors (Lipinski definition) is 1. The van der Waals surface area contributed by atoms with E-state index in [-0.39, 0.29) is 6.10 Å². The summed E-state index contributed by atoms with van der Waals surface area (Å²) in [6, 6.07) is 0.